The van der Waals surface area contributed by atoms with Gasteiger partial charge in [0.2, 0.25) is 0 Å². The number of nitrogens with two attached hydrogens (primary N) is 1. The Morgan fingerprint density at radius 1 is 1.67 bits per heavy atom. The van der Waals surface area contributed by atoms with Crippen molar-refractivity contribution in [1.29, 1.82) is 0 Å². The highest BCUT2D eigenvalue weighted by Crippen LogP contribution is 2.22. The van der Waals surface area contributed by atoms with Gasteiger partial charge in [-0.1, -0.05) is 13.3 Å². The van der Waals surface area contributed by atoms with Crippen LogP contribution in [0, 0.1) is 0 Å². The lowest BCUT2D eigenvalue weighted by molar-refractivity contribution is -0.123. The first-order chi connectivity index (χ1) is 6.95. The summed E-state index contributed by atoms with van der Waals surface area (Å²) < 4.78 is 1.03. The molecule has 0 fully saturated rings. The quantitative estimate of drug-likeness (QED) is 0.905. The largest absolute Gasteiger partial charge is 0.319 e. The second-order valence-electron chi connectivity index (χ2n) is 4.00. The molecule has 84 valence electrons. The number of rotatable bonds is 5. The smallest absolute Gasteiger partial charge is 0.157 e. The normalized spacial score (nSPS) is 14.9. The highest BCUT2D eigenvalue weighted by atomic mass is 79.9. The number of ketones is 1. The maximum atomic E-state index is 11.9. The molecule has 4 heteroatoms. The van der Waals surface area contributed by atoms with E-state index in [4.69, 9.17) is 5.73 Å². The lowest BCUT2D eigenvalue weighted by atomic mass is 9.90. The summed E-state index contributed by atoms with van der Waals surface area (Å²) in [6.45, 7) is 3.86. The average Bonchev–Trinajstić information content (AvgIpc) is 2.51. The number of carbonyl (C=O) groups excluding carboxylic acids is 1. The van der Waals surface area contributed by atoms with E-state index in [0.717, 1.165) is 22.2 Å². The molecule has 0 aliphatic heterocycles. The van der Waals surface area contributed by atoms with Gasteiger partial charge in [-0.25, -0.2) is 0 Å². The minimum Gasteiger partial charge on any atom is -0.319 e. The molecular formula is C11H16BrNOS. The number of thiophene rings is 1. The molecule has 0 radical (unpaired) electrons. The van der Waals surface area contributed by atoms with Gasteiger partial charge in [0.25, 0.3) is 0 Å². The summed E-state index contributed by atoms with van der Waals surface area (Å²) in [5, 5.41) is 1.98. The standard InChI is InChI=1S/C11H16BrNOS/c1-3-4-11(2,13)10(14)6-9-5-8(12)7-15-9/h5,7H,3-4,6,13H2,1-2H3. The monoisotopic (exact) mass is 289 g/mol. The van der Waals surface area contributed by atoms with Crippen molar-refractivity contribution in [3.05, 3.63) is 20.8 Å². The summed E-state index contributed by atoms with van der Waals surface area (Å²) in [4.78, 5) is 13.0. The summed E-state index contributed by atoms with van der Waals surface area (Å²) in [5.74, 6) is 0.124. The van der Waals surface area contributed by atoms with Gasteiger partial charge in [0, 0.05) is 21.2 Å². The van der Waals surface area contributed by atoms with Crippen LogP contribution >= 0.6 is 27.3 Å². The van der Waals surface area contributed by atoms with Crippen LogP contribution in [0.3, 0.4) is 0 Å². The Labute approximate surface area is 103 Å². The van der Waals surface area contributed by atoms with Crippen LogP contribution in [0.2, 0.25) is 0 Å². The van der Waals surface area contributed by atoms with E-state index in [9.17, 15) is 4.79 Å². The van der Waals surface area contributed by atoms with Crippen LogP contribution in [0.1, 0.15) is 31.6 Å². The second kappa shape index (κ2) is 5.23. The molecule has 1 aromatic heterocycles. The van der Waals surface area contributed by atoms with Crippen LogP contribution in [0.4, 0.5) is 0 Å². The van der Waals surface area contributed by atoms with E-state index in [-0.39, 0.29) is 5.78 Å². The molecule has 2 N–H and O–H groups in total. The van der Waals surface area contributed by atoms with Gasteiger partial charge in [-0.05, 0) is 35.3 Å². The maximum absolute atomic E-state index is 11.9. The molecule has 1 rings (SSSR count). The lowest BCUT2D eigenvalue weighted by Crippen LogP contribution is -2.45. The first-order valence-corrected chi connectivity index (χ1v) is 6.68. The van der Waals surface area contributed by atoms with E-state index in [0.29, 0.717) is 6.42 Å². The number of Topliss-reactive ketones (excluding diaryl/α,β-unsaturated/α-hetero) is 1. The van der Waals surface area contributed by atoms with Crippen LogP contribution in [-0.4, -0.2) is 11.3 Å². The van der Waals surface area contributed by atoms with Crippen molar-refractivity contribution in [2.75, 3.05) is 0 Å². The Morgan fingerprint density at radius 3 is 2.80 bits per heavy atom. The van der Waals surface area contributed by atoms with E-state index >= 15 is 0 Å². The molecule has 1 heterocycles. The van der Waals surface area contributed by atoms with E-state index in [1.165, 1.54) is 0 Å². The van der Waals surface area contributed by atoms with E-state index in [1.807, 2.05) is 25.3 Å². The summed E-state index contributed by atoms with van der Waals surface area (Å²) in [6, 6.07) is 1.98. The van der Waals surface area contributed by atoms with Crippen molar-refractivity contribution in [3.8, 4) is 0 Å². The lowest BCUT2D eigenvalue weighted by Gasteiger charge is -2.21. The van der Waals surface area contributed by atoms with Crippen LogP contribution < -0.4 is 5.73 Å². The van der Waals surface area contributed by atoms with Gasteiger partial charge >= 0.3 is 0 Å². The number of hydrogen-bond donors (Lipinski definition) is 1. The molecule has 1 unspecified atom stereocenters. The molecule has 0 spiro atoms. The van der Waals surface area contributed by atoms with Gasteiger partial charge in [-0.3, -0.25) is 4.79 Å². The zero-order valence-corrected chi connectivity index (χ0v) is 11.5. The topological polar surface area (TPSA) is 43.1 Å². The second-order valence-corrected chi connectivity index (χ2v) is 5.91. The van der Waals surface area contributed by atoms with Gasteiger partial charge < -0.3 is 5.73 Å². The fourth-order valence-corrected chi connectivity index (χ4v) is 2.92. The van der Waals surface area contributed by atoms with Crippen molar-refractivity contribution in [1.82, 2.24) is 0 Å². The summed E-state index contributed by atoms with van der Waals surface area (Å²) in [7, 11) is 0. The molecule has 0 aromatic carbocycles. The summed E-state index contributed by atoms with van der Waals surface area (Å²) in [5.41, 5.74) is 5.29. The minimum atomic E-state index is -0.675. The molecule has 0 aliphatic rings. The first kappa shape index (κ1) is 12.9. The Kier molecular flexibility index (Phi) is 4.49. The van der Waals surface area contributed by atoms with E-state index in [1.54, 1.807) is 11.3 Å². The average molecular weight is 290 g/mol. The van der Waals surface area contributed by atoms with Gasteiger partial charge in [0.05, 0.1) is 5.54 Å². The summed E-state index contributed by atoms with van der Waals surface area (Å²) >= 11 is 4.96. The molecule has 0 aliphatic carbocycles. The third-order valence-corrected chi connectivity index (χ3v) is 4.06. The highest BCUT2D eigenvalue weighted by Gasteiger charge is 2.26. The van der Waals surface area contributed by atoms with Crippen LogP contribution in [0.5, 0.6) is 0 Å². The van der Waals surface area contributed by atoms with Gasteiger partial charge in [0.1, 0.15) is 0 Å². The SMILES string of the molecule is CCCC(C)(N)C(=O)Cc1cc(Br)cs1. The molecule has 15 heavy (non-hydrogen) atoms. The summed E-state index contributed by atoms with van der Waals surface area (Å²) in [6.07, 6.45) is 2.13. The Hall–Kier alpha value is -0.190. The molecular weight excluding hydrogens is 274 g/mol. The van der Waals surface area contributed by atoms with Crippen molar-refractivity contribution in [3.63, 3.8) is 0 Å². The molecule has 1 atom stereocenters. The van der Waals surface area contributed by atoms with Crippen LogP contribution in [0.25, 0.3) is 0 Å². The number of carbonyl (C=O) groups is 1. The van der Waals surface area contributed by atoms with Gasteiger partial charge in [0.15, 0.2) is 5.78 Å². The van der Waals surface area contributed by atoms with Gasteiger partial charge in [-0.15, -0.1) is 11.3 Å². The van der Waals surface area contributed by atoms with E-state index < -0.39 is 5.54 Å². The Bertz CT molecular complexity index is 346. The molecule has 1 aromatic rings. The molecule has 0 amide bonds. The first-order valence-electron chi connectivity index (χ1n) is 5.01. The fraction of sp³-hybridized carbons (Fsp3) is 0.545. The van der Waals surface area contributed by atoms with Crippen molar-refractivity contribution in [2.24, 2.45) is 5.73 Å². The Morgan fingerprint density at radius 2 is 2.33 bits per heavy atom. The number of halogens is 1. The van der Waals surface area contributed by atoms with Crippen molar-refractivity contribution in [2.45, 2.75) is 38.6 Å². The Balaban J connectivity index is 2.63. The maximum Gasteiger partial charge on any atom is 0.157 e. The van der Waals surface area contributed by atoms with Crippen molar-refractivity contribution < 1.29 is 4.79 Å². The zero-order valence-electron chi connectivity index (χ0n) is 9.05. The predicted molar refractivity (Wildman–Crippen MR) is 68.2 cm³/mol. The molecule has 0 bridgehead atoms. The third-order valence-electron chi connectivity index (χ3n) is 2.36. The molecule has 2 nitrogen and oxygen atoms in total. The zero-order chi connectivity index (χ0) is 11.5. The van der Waals surface area contributed by atoms with Crippen molar-refractivity contribution >= 4 is 33.0 Å². The van der Waals surface area contributed by atoms with E-state index in [2.05, 4.69) is 15.9 Å². The van der Waals surface area contributed by atoms with Crippen LogP contribution in [-0.2, 0) is 11.2 Å². The minimum absolute atomic E-state index is 0.124. The fourth-order valence-electron chi connectivity index (χ4n) is 1.47. The predicted octanol–water partition coefficient (Wildman–Crippen LogP) is 3.14. The molecule has 0 saturated heterocycles. The molecule has 0 saturated carbocycles. The highest BCUT2D eigenvalue weighted by molar-refractivity contribution is 9.10. The van der Waals surface area contributed by atoms with Gasteiger partial charge in [-0.2, -0.15) is 0 Å². The van der Waals surface area contributed by atoms with Crippen LogP contribution in [0.15, 0.2) is 15.9 Å². The number of hydrogen-bond acceptors (Lipinski definition) is 3. The third kappa shape index (κ3) is 3.70.